The van der Waals surface area contributed by atoms with Gasteiger partial charge in [0.15, 0.2) is 0 Å². The monoisotopic (exact) mass is 291 g/mol. The van der Waals surface area contributed by atoms with Gasteiger partial charge < -0.3 is 15.2 Å². The molecular formula is C14H20F3NO2. The number of halogens is 3. The smallest absolute Gasteiger partial charge is 0.389 e. The van der Waals surface area contributed by atoms with Crippen molar-refractivity contribution in [2.45, 2.75) is 38.1 Å². The van der Waals surface area contributed by atoms with Crippen molar-refractivity contribution in [3.05, 3.63) is 29.8 Å². The summed E-state index contributed by atoms with van der Waals surface area (Å²) in [6, 6.07) is 6.83. The summed E-state index contributed by atoms with van der Waals surface area (Å²) in [5.74, 6) is 0.703. The van der Waals surface area contributed by atoms with E-state index in [1.165, 1.54) is 0 Å². The number of hydrogen-bond acceptors (Lipinski definition) is 3. The van der Waals surface area contributed by atoms with Gasteiger partial charge in [-0.2, -0.15) is 13.2 Å². The van der Waals surface area contributed by atoms with Crippen LogP contribution < -0.4 is 10.5 Å². The van der Waals surface area contributed by atoms with E-state index in [9.17, 15) is 13.2 Å². The van der Waals surface area contributed by atoms with Gasteiger partial charge in [0.05, 0.1) is 13.2 Å². The lowest BCUT2D eigenvalue weighted by Gasteiger charge is -2.22. The summed E-state index contributed by atoms with van der Waals surface area (Å²) in [6.45, 7) is 1.79. The van der Waals surface area contributed by atoms with Gasteiger partial charge in [-0.15, -0.1) is 0 Å². The standard InChI is InChI=1S/C14H20F3NO2/c1-10(18)13(20-9-3-8-14(15,16)17)11-4-6-12(19-2)7-5-11/h4-7,10,13H,3,8-9,18H2,1-2H3. The van der Waals surface area contributed by atoms with Gasteiger partial charge in [-0.05, 0) is 31.0 Å². The highest BCUT2D eigenvalue weighted by molar-refractivity contribution is 5.29. The molecule has 0 saturated heterocycles. The Morgan fingerprint density at radius 1 is 1.20 bits per heavy atom. The number of methoxy groups -OCH3 is 1. The summed E-state index contributed by atoms with van der Waals surface area (Å²) < 4.78 is 46.7. The molecule has 114 valence electrons. The molecule has 0 aliphatic heterocycles. The van der Waals surface area contributed by atoms with Crippen LogP contribution in [0.3, 0.4) is 0 Å². The molecule has 6 heteroatoms. The Morgan fingerprint density at radius 2 is 1.80 bits per heavy atom. The Kier molecular flexibility index (Phi) is 6.29. The van der Waals surface area contributed by atoms with Gasteiger partial charge in [-0.25, -0.2) is 0 Å². The van der Waals surface area contributed by atoms with Crippen LogP contribution in [-0.4, -0.2) is 25.9 Å². The molecule has 0 radical (unpaired) electrons. The highest BCUT2D eigenvalue weighted by atomic mass is 19.4. The van der Waals surface area contributed by atoms with Gasteiger partial charge in [0, 0.05) is 19.1 Å². The molecule has 1 rings (SSSR count). The van der Waals surface area contributed by atoms with Crippen molar-refractivity contribution in [3.63, 3.8) is 0 Å². The van der Waals surface area contributed by atoms with Crippen LogP contribution in [0.1, 0.15) is 31.4 Å². The summed E-state index contributed by atoms with van der Waals surface area (Å²) in [4.78, 5) is 0. The molecule has 1 aromatic rings. The molecule has 0 aliphatic rings. The van der Waals surface area contributed by atoms with Gasteiger partial charge in [0.1, 0.15) is 5.75 Å². The first-order chi connectivity index (χ1) is 9.33. The van der Waals surface area contributed by atoms with Gasteiger partial charge in [0.2, 0.25) is 0 Å². The van der Waals surface area contributed by atoms with Crippen molar-refractivity contribution in [3.8, 4) is 5.75 Å². The fraction of sp³-hybridized carbons (Fsp3) is 0.571. The van der Waals surface area contributed by atoms with Crippen LogP contribution >= 0.6 is 0 Å². The molecular weight excluding hydrogens is 271 g/mol. The van der Waals surface area contributed by atoms with E-state index in [1.54, 1.807) is 38.3 Å². The normalized spacial score (nSPS) is 14.9. The zero-order valence-electron chi connectivity index (χ0n) is 11.6. The molecule has 1 aromatic carbocycles. The maximum atomic E-state index is 12.1. The van der Waals surface area contributed by atoms with Crippen LogP contribution in [0.2, 0.25) is 0 Å². The Labute approximate surface area is 116 Å². The van der Waals surface area contributed by atoms with E-state index in [0.29, 0.717) is 5.75 Å². The van der Waals surface area contributed by atoms with Crippen LogP contribution in [0.5, 0.6) is 5.75 Å². The van der Waals surface area contributed by atoms with Crippen molar-refractivity contribution >= 4 is 0 Å². The number of ether oxygens (including phenoxy) is 2. The van der Waals surface area contributed by atoms with E-state index in [0.717, 1.165) is 5.56 Å². The molecule has 0 bridgehead atoms. The van der Waals surface area contributed by atoms with E-state index in [1.807, 2.05) is 0 Å². The minimum absolute atomic E-state index is 0.0255. The third-order valence-electron chi connectivity index (χ3n) is 2.82. The molecule has 0 spiro atoms. The molecule has 2 unspecified atom stereocenters. The van der Waals surface area contributed by atoms with Crippen molar-refractivity contribution in [2.75, 3.05) is 13.7 Å². The molecule has 20 heavy (non-hydrogen) atoms. The predicted octanol–water partition coefficient (Wildman–Crippen LogP) is 3.44. The summed E-state index contributed by atoms with van der Waals surface area (Å²) in [7, 11) is 1.56. The Bertz CT molecular complexity index is 390. The third kappa shape index (κ3) is 5.79. The molecule has 0 aliphatic carbocycles. The van der Waals surface area contributed by atoms with E-state index >= 15 is 0 Å². The van der Waals surface area contributed by atoms with Crippen molar-refractivity contribution in [2.24, 2.45) is 5.73 Å². The minimum Gasteiger partial charge on any atom is -0.497 e. The number of rotatable bonds is 7. The molecule has 3 nitrogen and oxygen atoms in total. The van der Waals surface area contributed by atoms with Crippen molar-refractivity contribution in [1.29, 1.82) is 0 Å². The summed E-state index contributed by atoms with van der Waals surface area (Å²) in [5, 5.41) is 0. The molecule has 0 heterocycles. The highest BCUT2D eigenvalue weighted by Gasteiger charge is 2.26. The fourth-order valence-electron chi connectivity index (χ4n) is 1.83. The zero-order chi connectivity index (χ0) is 15.2. The average molecular weight is 291 g/mol. The van der Waals surface area contributed by atoms with Gasteiger partial charge in [0.25, 0.3) is 0 Å². The van der Waals surface area contributed by atoms with E-state index in [-0.39, 0.29) is 19.1 Å². The lowest BCUT2D eigenvalue weighted by Crippen LogP contribution is -2.27. The second-order valence-electron chi connectivity index (χ2n) is 4.64. The summed E-state index contributed by atoms with van der Waals surface area (Å²) in [5.41, 5.74) is 6.66. The molecule has 2 atom stereocenters. The van der Waals surface area contributed by atoms with E-state index in [2.05, 4.69) is 0 Å². The lowest BCUT2D eigenvalue weighted by molar-refractivity contribution is -0.139. The van der Waals surface area contributed by atoms with Gasteiger partial charge in [-0.3, -0.25) is 0 Å². The summed E-state index contributed by atoms with van der Waals surface area (Å²) >= 11 is 0. The van der Waals surface area contributed by atoms with Crippen LogP contribution in [0.15, 0.2) is 24.3 Å². The number of hydrogen-bond donors (Lipinski definition) is 1. The highest BCUT2D eigenvalue weighted by Crippen LogP contribution is 2.25. The molecule has 0 fully saturated rings. The summed E-state index contributed by atoms with van der Waals surface area (Å²) in [6.07, 6.45) is -5.48. The number of benzene rings is 1. The van der Waals surface area contributed by atoms with Crippen molar-refractivity contribution in [1.82, 2.24) is 0 Å². The molecule has 0 aromatic heterocycles. The maximum Gasteiger partial charge on any atom is 0.389 e. The zero-order valence-corrected chi connectivity index (χ0v) is 11.6. The fourth-order valence-corrected chi connectivity index (χ4v) is 1.83. The second-order valence-corrected chi connectivity index (χ2v) is 4.64. The largest absolute Gasteiger partial charge is 0.497 e. The first-order valence-corrected chi connectivity index (χ1v) is 6.41. The quantitative estimate of drug-likeness (QED) is 0.783. The third-order valence-corrected chi connectivity index (χ3v) is 2.82. The van der Waals surface area contributed by atoms with E-state index in [4.69, 9.17) is 15.2 Å². The first-order valence-electron chi connectivity index (χ1n) is 6.41. The molecule has 0 saturated carbocycles. The Balaban J connectivity index is 2.55. The van der Waals surface area contributed by atoms with Crippen molar-refractivity contribution < 1.29 is 22.6 Å². The van der Waals surface area contributed by atoms with Crippen LogP contribution in [0.4, 0.5) is 13.2 Å². The van der Waals surface area contributed by atoms with Crippen LogP contribution in [0, 0.1) is 0 Å². The van der Waals surface area contributed by atoms with Gasteiger partial charge in [-0.1, -0.05) is 12.1 Å². The number of alkyl halides is 3. The SMILES string of the molecule is COc1ccc(C(OCCCC(F)(F)F)C(C)N)cc1. The Hall–Kier alpha value is -1.27. The van der Waals surface area contributed by atoms with Crippen LogP contribution in [-0.2, 0) is 4.74 Å². The first kappa shape index (κ1) is 16.8. The predicted molar refractivity (Wildman–Crippen MR) is 70.6 cm³/mol. The molecule has 0 amide bonds. The average Bonchev–Trinajstić information content (AvgIpc) is 2.37. The van der Waals surface area contributed by atoms with E-state index < -0.39 is 18.7 Å². The van der Waals surface area contributed by atoms with Crippen LogP contribution in [0.25, 0.3) is 0 Å². The second kappa shape index (κ2) is 7.50. The molecule has 2 N–H and O–H groups in total. The minimum atomic E-state index is -4.15. The number of nitrogens with two attached hydrogens (primary N) is 1. The Morgan fingerprint density at radius 3 is 2.25 bits per heavy atom. The lowest BCUT2D eigenvalue weighted by atomic mass is 10.0. The van der Waals surface area contributed by atoms with Gasteiger partial charge >= 0.3 is 6.18 Å². The topological polar surface area (TPSA) is 44.5 Å². The maximum absolute atomic E-state index is 12.1.